The second-order valence-corrected chi connectivity index (χ2v) is 11.4. The number of nitrogens with one attached hydrogen (secondary N) is 1. The molecule has 2 amide bonds. The first-order valence-corrected chi connectivity index (χ1v) is 12.5. The summed E-state index contributed by atoms with van der Waals surface area (Å²) in [5.74, 6) is -1.41. The molecule has 0 spiro atoms. The number of rotatable bonds is 5. The number of carbonyl (C=O) groups excluding carboxylic acids is 2. The van der Waals surface area contributed by atoms with Crippen molar-refractivity contribution in [2.45, 2.75) is 37.5 Å². The van der Waals surface area contributed by atoms with E-state index >= 15 is 0 Å². The molecule has 1 aromatic carbocycles. The van der Waals surface area contributed by atoms with Crippen LogP contribution in [0.5, 0.6) is 0 Å². The summed E-state index contributed by atoms with van der Waals surface area (Å²) < 4.78 is 39.7. The van der Waals surface area contributed by atoms with Crippen molar-refractivity contribution in [2.75, 3.05) is 23.3 Å². The average molecular weight is 465 g/mol. The maximum atomic E-state index is 13.1. The van der Waals surface area contributed by atoms with E-state index in [1.165, 1.54) is 44.8 Å². The number of anilines is 2. The van der Waals surface area contributed by atoms with Gasteiger partial charge in [0, 0.05) is 43.0 Å². The third kappa shape index (κ3) is 3.97. The standard InChI is InChI=1S/C20H21FN4O4S2/c21-13-1-3-14(4-2-13)25-10-12(9-18(25)26)19(27)23-20-22-16-7-8-24(11-17(16)30-20)31(28,29)15-5-6-15/h1-4,12,15H,5-11H2,(H,22,23,27). The summed E-state index contributed by atoms with van der Waals surface area (Å²) in [6.07, 6.45) is 2.05. The molecular weight excluding hydrogens is 443 g/mol. The first kappa shape index (κ1) is 20.5. The van der Waals surface area contributed by atoms with Crippen LogP contribution in [0.3, 0.4) is 0 Å². The second-order valence-electron chi connectivity index (χ2n) is 8.09. The molecule has 1 atom stereocenters. The molecule has 3 aliphatic rings. The van der Waals surface area contributed by atoms with Crippen molar-refractivity contribution in [3.05, 3.63) is 40.7 Å². The third-order valence-electron chi connectivity index (χ3n) is 5.87. The number of amides is 2. The lowest BCUT2D eigenvalue weighted by molar-refractivity contribution is -0.122. The molecule has 8 nitrogen and oxygen atoms in total. The molecule has 2 aromatic rings. The van der Waals surface area contributed by atoms with Gasteiger partial charge in [0.15, 0.2) is 5.13 Å². The Morgan fingerprint density at radius 1 is 1.23 bits per heavy atom. The number of halogens is 1. The van der Waals surface area contributed by atoms with Crippen LogP contribution < -0.4 is 10.2 Å². The van der Waals surface area contributed by atoms with Crippen LogP contribution in [0, 0.1) is 11.7 Å². The zero-order valence-corrected chi connectivity index (χ0v) is 18.2. The lowest BCUT2D eigenvalue weighted by atomic mass is 10.1. The van der Waals surface area contributed by atoms with E-state index in [0.29, 0.717) is 30.3 Å². The fourth-order valence-electron chi connectivity index (χ4n) is 3.98. The predicted molar refractivity (Wildman–Crippen MR) is 114 cm³/mol. The molecule has 2 aliphatic heterocycles. The number of benzene rings is 1. The first-order chi connectivity index (χ1) is 14.8. The lowest BCUT2D eigenvalue weighted by Gasteiger charge is -2.25. The highest BCUT2D eigenvalue weighted by molar-refractivity contribution is 7.90. The Morgan fingerprint density at radius 3 is 2.68 bits per heavy atom. The molecule has 31 heavy (non-hydrogen) atoms. The van der Waals surface area contributed by atoms with Gasteiger partial charge in [-0.25, -0.2) is 17.8 Å². The number of thiazole rings is 1. The molecule has 2 fully saturated rings. The molecular formula is C20H21FN4O4S2. The molecule has 1 saturated heterocycles. The van der Waals surface area contributed by atoms with E-state index < -0.39 is 15.9 Å². The Hall–Kier alpha value is -2.37. The summed E-state index contributed by atoms with van der Waals surface area (Å²) in [6.45, 7) is 0.920. The van der Waals surface area contributed by atoms with E-state index in [9.17, 15) is 22.4 Å². The largest absolute Gasteiger partial charge is 0.312 e. The normalized spacial score (nSPS) is 21.9. The number of hydrogen-bond donors (Lipinski definition) is 1. The van der Waals surface area contributed by atoms with Crippen molar-refractivity contribution in [3.63, 3.8) is 0 Å². The van der Waals surface area contributed by atoms with Crippen molar-refractivity contribution in [2.24, 2.45) is 5.92 Å². The zero-order chi connectivity index (χ0) is 21.8. The Bertz CT molecular complexity index is 1140. The van der Waals surface area contributed by atoms with Gasteiger partial charge in [-0.05, 0) is 37.1 Å². The van der Waals surface area contributed by atoms with Crippen LogP contribution in [0.15, 0.2) is 24.3 Å². The summed E-state index contributed by atoms with van der Waals surface area (Å²) >= 11 is 1.28. The molecule has 0 radical (unpaired) electrons. The van der Waals surface area contributed by atoms with Gasteiger partial charge < -0.3 is 10.2 Å². The molecule has 1 unspecified atom stereocenters. The maximum Gasteiger partial charge on any atom is 0.231 e. The van der Waals surface area contributed by atoms with E-state index in [-0.39, 0.29) is 35.8 Å². The molecule has 3 heterocycles. The fourth-order valence-corrected chi connectivity index (χ4v) is 6.90. The lowest BCUT2D eigenvalue weighted by Crippen LogP contribution is -2.37. The quantitative estimate of drug-likeness (QED) is 0.731. The minimum Gasteiger partial charge on any atom is -0.312 e. The van der Waals surface area contributed by atoms with Gasteiger partial charge >= 0.3 is 0 Å². The molecule has 0 bridgehead atoms. The fraction of sp³-hybridized carbons (Fsp3) is 0.450. The minimum absolute atomic E-state index is 0.0711. The molecule has 5 rings (SSSR count). The summed E-state index contributed by atoms with van der Waals surface area (Å²) in [5, 5.41) is 2.97. The SMILES string of the molecule is O=C(Nc1nc2c(s1)CN(S(=O)(=O)C1CC1)CC2)C1CC(=O)N(c2ccc(F)cc2)C1. The van der Waals surface area contributed by atoms with Crippen molar-refractivity contribution in [3.8, 4) is 0 Å². The van der Waals surface area contributed by atoms with Gasteiger partial charge in [0.25, 0.3) is 0 Å². The van der Waals surface area contributed by atoms with Crippen molar-refractivity contribution in [1.29, 1.82) is 0 Å². The van der Waals surface area contributed by atoms with Gasteiger partial charge in [-0.2, -0.15) is 4.31 Å². The van der Waals surface area contributed by atoms with Gasteiger partial charge in [0.2, 0.25) is 21.8 Å². The maximum absolute atomic E-state index is 13.1. The first-order valence-electron chi connectivity index (χ1n) is 10.2. The van der Waals surface area contributed by atoms with E-state index in [1.54, 1.807) is 0 Å². The van der Waals surface area contributed by atoms with Crippen LogP contribution in [0.1, 0.15) is 29.8 Å². The van der Waals surface area contributed by atoms with Crippen LogP contribution >= 0.6 is 11.3 Å². The molecule has 1 saturated carbocycles. The van der Waals surface area contributed by atoms with E-state index in [1.807, 2.05) is 0 Å². The summed E-state index contributed by atoms with van der Waals surface area (Å²) in [4.78, 5) is 31.9. The smallest absolute Gasteiger partial charge is 0.231 e. The molecule has 164 valence electrons. The van der Waals surface area contributed by atoms with Gasteiger partial charge in [-0.3, -0.25) is 9.59 Å². The number of hydrogen-bond acceptors (Lipinski definition) is 6. The topological polar surface area (TPSA) is 99.7 Å². The summed E-state index contributed by atoms with van der Waals surface area (Å²) in [5.41, 5.74) is 1.38. The van der Waals surface area contributed by atoms with Crippen molar-refractivity contribution < 1.29 is 22.4 Å². The average Bonchev–Trinajstić information content (AvgIpc) is 3.42. The summed E-state index contributed by atoms with van der Waals surface area (Å²) in [7, 11) is -3.24. The highest BCUT2D eigenvalue weighted by Crippen LogP contribution is 2.36. The minimum atomic E-state index is -3.24. The predicted octanol–water partition coefficient (Wildman–Crippen LogP) is 2.12. The monoisotopic (exact) mass is 464 g/mol. The molecule has 1 aromatic heterocycles. The second kappa shape index (κ2) is 7.64. The van der Waals surface area contributed by atoms with Crippen molar-refractivity contribution >= 4 is 44.0 Å². The third-order valence-corrected chi connectivity index (χ3v) is 9.21. The number of aromatic nitrogens is 1. The van der Waals surface area contributed by atoms with E-state index in [0.717, 1.165) is 23.4 Å². The highest BCUT2D eigenvalue weighted by atomic mass is 32.2. The Balaban J connectivity index is 1.24. The molecule has 1 aliphatic carbocycles. The number of sulfonamides is 1. The van der Waals surface area contributed by atoms with Crippen molar-refractivity contribution in [1.82, 2.24) is 9.29 Å². The van der Waals surface area contributed by atoms with Crippen LogP contribution in [0.4, 0.5) is 15.2 Å². The van der Waals surface area contributed by atoms with Gasteiger partial charge in [0.05, 0.1) is 16.9 Å². The Labute approximate surface area is 183 Å². The van der Waals surface area contributed by atoms with Crippen LogP contribution in [0.25, 0.3) is 0 Å². The summed E-state index contributed by atoms with van der Waals surface area (Å²) in [6, 6.07) is 5.60. The molecule has 11 heteroatoms. The molecule has 1 N–H and O–H groups in total. The number of fused-ring (bicyclic) bond motifs is 1. The van der Waals surface area contributed by atoms with E-state index in [2.05, 4.69) is 10.3 Å². The van der Waals surface area contributed by atoms with E-state index in [4.69, 9.17) is 0 Å². The van der Waals surface area contributed by atoms with Gasteiger partial charge in [-0.15, -0.1) is 11.3 Å². The van der Waals surface area contributed by atoms with Crippen LogP contribution in [0.2, 0.25) is 0 Å². The number of carbonyl (C=O) groups is 2. The van der Waals surface area contributed by atoms with Crippen LogP contribution in [-0.4, -0.2) is 47.9 Å². The van der Waals surface area contributed by atoms with Gasteiger partial charge in [-0.1, -0.05) is 0 Å². The van der Waals surface area contributed by atoms with Gasteiger partial charge in [0.1, 0.15) is 5.82 Å². The highest BCUT2D eigenvalue weighted by Gasteiger charge is 2.41. The zero-order valence-electron chi connectivity index (χ0n) is 16.6. The Morgan fingerprint density at radius 2 is 1.97 bits per heavy atom. The van der Waals surface area contributed by atoms with Crippen LogP contribution in [-0.2, 0) is 32.6 Å². The number of nitrogens with zero attached hydrogens (tertiary/aromatic N) is 3. The Kier molecular flexibility index (Phi) is 5.06.